The van der Waals surface area contributed by atoms with Gasteiger partial charge in [-0.05, 0) is 48.4 Å². The standard InChI is InChI=1S/C19H25O7PS/c1-2-4-15-9-12-17(18(20)13-15)16-10-7-14(8-11-16)5-3-6-19(27(21,22)23)28(24,25)26/h7-13,19-20H,2-6H2,1H3,(H2,21,22,23)(H,24,25,26). The van der Waals surface area contributed by atoms with Gasteiger partial charge in [0.15, 0.2) is 4.99 Å². The van der Waals surface area contributed by atoms with Crippen molar-refractivity contribution in [1.29, 1.82) is 0 Å². The molecular weight excluding hydrogens is 403 g/mol. The molecule has 0 radical (unpaired) electrons. The van der Waals surface area contributed by atoms with Crippen molar-refractivity contribution < 1.29 is 32.4 Å². The summed E-state index contributed by atoms with van der Waals surface area (Å²) in [4.78, 5) is 16.1. The number of rotatable bonds is 9. The molecule has 0 saturated heterocycles. The summed E-state index contributed by atoms with van der Waals surface area (Å²) in [7, 11) is -9.77. The van der Waals surface area contributed by atoms with Crippen molar-refractivity contribution in [2.24, 2.45) is 0 Å². The van der Waals surface area contributed by atoms with Crippen molar-refractivity contribution in [3.63, 3.8) is 0 Å². The Bertz CT molecular complexity index is 949. The fourth-order valence-corrected chi connectivity index (χ4v) is 5.46. The van der Waals surface area contributed by atoms with Crippen LogP contribution in [0.5, 0.6) is 5.75 Å². The van der Waals surface area contributed by atoms with Gasteiger partial charge in [-0.25, -0.2) is 0 Å². The van der Waals surface area contributed by atoms with Crippen LogP contribution in [0.15, 0.2) is 42.5 Å². The Hall–Kier alpha value is -1.70. The van der Waals surface area contributed by atoms with Crippen molar-refractivity contribution in [1.82, 2.24) is 0 Å². The predicted molar refractivity (Wildman–Crippen MR) is 108 cm³/mol. The molecule has 0 heterocycles. The molecule has 1 atom stereocenters. The number of benzene rings is 2. The number of hydrogen-bond acceptors (Lipinski definition) is 4. The molecule has 1 unspecified atom stereocenters. The van der Waals surface area contributed by atoms with E-state index in [1.165, 1.54) is 0 Å². The maximum absolute atomic E-state index is 11.3. The second-order valence-corrected chi connectivity index (χ2v) is 10.5. The Kier molecular flexibility index (Phi) is 7.42. The summed E-state index contributed by atoms with van der Waals surface area (Å²) in [6.07, 6.45) is 2.13. The van der Waals surface area contributed by atoms with Gasteiger partial charge in [-0.2, -0.15) is 8.42 Å². The van der Waals surface area contributed by atoms with E-state index in [9.17, 15) is 18.1 Å². The van der Waals surface area contributed by atoms with Gasteiger partial charge in [0.1, 0.15) is 5.75 Å². The van der Waals surface area contributed by atoms with Crippen molar-refractivity contribution in [3.8, 4) is 16.9 Å². The van der Waals surface area contributed by atoms with Crippen molar-refractivity contribution in [3.05, 3.63) is 53.6 Å². The zero-order chi connectivity index (χ0) is 20.9. The highest BCUT2D eigenvalue weighted by atomic mass is 32.2. The largest absolute Gasteiger partial charge is 0.507 e. The van der Waals surface area contributed by atoms with E-state index in [0.29, 0.717) is 12.0 Å². The fourth-order valence-electron chi connectivity index (χ4n) is 3.09. The van der Waals surface area contributed by atoms with Crippen LogP contribution in [-0.4, -0.2) is 32.9 Å². The van der Waals surface area contributed by atoms with Crippen LogP contribution in [-0.2, 0) is 27.5 Å². The van der Waals surface area contributed by atoms with Gasteiger partial charge in [0, 0.05) is 5.56 Å². The first kappa shape index (κ1) is 22.6. The first-order chi connectivity index (χ1) is 13.0. The molecule has 0 saturated carbocycles. The minimum Gasteiger partial charge on any atom is -0.507 e. The van der Waals surface area contributed by atoms with Crippen molar-refractivity contribution in [2.75, 3.05) is 0 Å². The van der Waals surface area contributed by atoms with Crippen LogP contribution in [0.25, 0.3) is 11.1 Å². The number of phenolic OH excluding ortho intramolecular Hbond substituents is 1. The molecule has 7 nitrogen and oxygen atoms in total. The molecule has 2 aromatic rings. The second-order valence-electron chi connectivity index (χ2n) is 6.75. The molecule has 2 rings (SSSR count). The van der Waals surface area contributed by atoms with Gasteiger partial charge in [0.2, 0.25) is 0 Å². The van der Waals surface area contributed by atoms with E-state index in [1.807, 2.05) is 36.4 Å². The van der Waals surface area contributed by atoms with Crippen LogP contribution in [0.1, 0.15) is 37.3 Å². The average Bonchev–Trinajstić information content (AvgIpc) is 2.58. The number of hydrogen-bond donors (Lipinski definition) is 4. The van der Waals surface area contributed by atoms with Gasteiger partial charge in [0.25, 0.3) is 10.1 Å². The normalized spacial score (nSPS) is 13.4. The maximum Gasteiger partial charge on any atom is 0.346 e. The second kappa shape index (κ2) is 9.20. The van der Waals surface area contributed by atoms with Gasteiger partial charge in [-0.1, -0.05) is 49.7 Å². The minimum atomic E-state index is -4.95. The van der Waals surface area contributed by atoms with Gasteiger partial charge in [-0.3, -0.25) is 9.12 Å². The lowest BCUT2D eigenvalue weighted by Crippen LogP contribution is -2.20. The summed E-state index contributed by atoms with van der Waals surface area (Å²) in [6, 6.07) is 12.9. The molecule has 0 fully saturated rings. The molecule has 0 aliphatic rings. The van der Waals surface area contributed by atoms with E-state index < -0.39 is 22.7 Å². The maximum atomic E-state index is 11.3. The summed E-state index contributed by atoms with van der Waals surface area (Å²) < 4.78 is 42.6. The molecule has 0 aromatic heterocycles. The van der Waals surface area contributed by atoms with Crippen LogP contribution >= 0.6 is 7.60 Å². The first-order valence-electron chi connectivity index (χ1n) is 8.95. The lowest BCUT2D eigenvalue weighted by molar-refractivity contribution is 0.360. The molecule has 9 heteroatoms. The van der Waals surface area contributed by atoms with Gasteiger partial charge < -0.3 is 14.9 Å². The topological polar surface area (TPSA) is 132 Å². The van der Waals surface area contributed by atoms with E-state index >= 15 is 0 Å². The van der Waals surface area contributed by atoms with Crippen LogP contribution in [0, 0.1) is 0 Å². The molecule has 154 valence electrons. The highest BCUT2D eigenvalue weighted by Crippen LogP contribution is 2.46. The smallest absolute Gasteiger partial charge is 0.346 e. The zero-order valence-electron chi connectivity index (χ0n) is 15.5. The van der Waals surface area contributed by atoms with Crippen molar-refractivity contribution >= 4 is 17.7 Å². The molecule has 0 bridgehead atoms. The molecule has 2 aromatic carbocycles. The number of aromatic hydroxyl groups is 1. The van der Waals surface area contributed by atoms with E-state index in [1.54, 1.807) is 6.07 Å². The van der Waals surface area contributed by atoms with Crippen LogP contribution in [0.4, 0.5) is 0 Å². The van der Waals surface area contributed by atoms with Crippen LogP contribution in [0.2, 0.25) is 0 Å². The SMILES string of the molecule is CCCc1ccc(-c2ccc(CCCC(P(=O)(O)O)S(=O)(=O)O)cc2)c(O)c1. The third-order valence-corrected chi connectivity index (χ3v) is 8.06. The Morgan fingerprint density at radius 1 is 1.00 bits per heavy atom. The summed E-state index contributed by atoms with van der Waals surface area (Å²) in [5, 5.41) is 10.2. The fraction of sp³-hybridized carbons (Fsp3) is 0.368. The molecule has 28 heavy (non-hydrogen) atoms. The Balaban J connectivity index is 2.04. The van der Waals surface area contributed by atoms with Crippen LogP contribution < -0.4 is 0 Å². The molecule has 4 N–H and O–H groups in total. The van der Waals surface area contributed by atoms with Gasteiger partial charge in [0.05, 0.1) is 0 Å². The van der Waals surface area contributed by atoms with Gasteiger partial charge in [-0.15, -0.1) is 0 Å². The predicted octanol–water partition coefficient (Wildman–Crippen LogP) is 3.73. The van der Waals surface area contributed by atoms with E-state index in [4.69, 9.17) is 14.3 Å². The summed E-state index contributed by atoms with van der Waals surface area (Å²) in [5.74, 6) is 0.205. The van der Waals surface area contributed by atoms with E-state index in [2.05, 4.69) is 6.92 Å². The highest BCUT2D eigenvalue weighted by Gasteiger charge is 2.38. The van der Waals surface area contributed by atoms with Crippen LogP contribution in [0.3, 0.4) is 0 Å². The molecule has 0 spiro atoms. The Morgan fingerprint density at radius 2 is 1.61 bits per heavy atom. The van der Waals surface area contributed by atoms with E-state index in [-0.39, 0.29) is 18.6 Å². The average molecular weight is 428 g/mol. The quantitative estimate of drug-likeness (QED) is 0.353. The molecule has 0 aliphatic heterocycles. The number of aryl methyl sites for hydroxylation is 2. The highest BCUT2D eigenvalue weighted by molar-refractivity contribution is 7.93. The lowest BCUT2D eigenvalue weighted by atomic mass is 9.99. The third kappa shape index (κ3) is 6.15. The zero-order valence-corrected chi connectivity index (χ0v) is 17.2. The third-order valence-electron chi connectivity index (χ3n) is 4.50. The molecular formula is C19H25O7PS. The minimum absolute atomic E-state index is 0.186. The first-order valence-corrected chi connectivity index (χ1v) is 12.1. The molecule has 0 aliphatic carbocycles. The number of phenols is 1. The monoisotopic (exact) mass is 428 g/mol. The lowest BCUT2D eigenvalue weighted by Gasteiger charge is -2.15. The Labute approximate surface area is 165 Å². The summed E-state index contributed by atoms with van der Waals surface area (Å²) >= 11 is 0. The summed E-state index contributed by atoms with van der Waals surface area (Å²) in [6.45, 7) is 2.07. The molecule has 0 amide bonds. The van der Waals surface area contributed by atoms with Gasteiger partial charge >= 0.3 is 7.60 Å². The van der Waals surface area contributed by atoms with E-state index in [0.717, 1.165) is 29.5 Å². The Morgan fingerprint density at radius 3 is 2.11 bits per heavy atom. The van der Waals surface area contributed by atoms with Crippen molar-refractivity contribution in [2.45, 2.75) is 44.0 Å². The summed E-state index contributed by atoms with van der Waals surface area (Å²) in [5.41, 5.74) is 3.46.